The number of carbonyl (C=O) groups excluding carboxylic acids is 1. The van der Waals surface area contributed by atoms with Crippen molar-refractivity contribution in [3.63, 3.8) is 0 Å². The molecule has 0 fully saturated rings. The average Bonchev–Trinajstić information content (AvgIpc) is 2.39. The minimum Gasteiger partial charge on any atom is -0.462 e. The molecule has 0 saturated carbocycles. The van der Waals surface area contributed by atoms with E-state index in [1.54, 1.807) is 0 Å². The van der Waals surface area contributed by atoms with Crippen molar-refractivity contribution in [3.8, 4) is 0 Å². The van der Waals surface area contributed by atoms with Crippen molar-refractivity contribution in [2.24, 2.45) is 0 Å². The third kappa shape index (κ3) is 13.0. The molecule has 0 aliphatic carbocycles. The third-order valence-corrected chi connectivity index (χ3v) is 4.25. The van der Waals surface area contributed by atoms with E-state index in [-0.39, 0.29) is 16.9 Å². The minimum absolute atomic E-state index is 0.0183. The molecular formula is C17H33BrO2. The van der Waals surface area contributed by atoms with Crippen molar-refractivity contribution in [3.05, 3.63) is 0 Å². The minimum atomic E-state index is -0.126. The standard InChI is InChI=1S/C17H33BrO2/c1-4-5-6-7-8-9-10-11-12-13-14-16(18)17(19)20-15(2)3/h15-16H,4-14H2,1-3H3. The molecule has 20 heavy (non-hydrogen) atoms. The summed E-state index contributed by atoms with van der Waals surface area (Å²) >= 11 is 3.42. The van der Waals surface area contributed by atoms with Crippen molar-refractivity contribution >= 4 is 21.9 Å². The van der Waals surface area contributed by atoms with Crippen LogP contribution < -0.4 is 0 Å². The maximum atomic E-state index is 11.6. The Labute approximate surface area is 134 Å². The summed E-state index contributed by atoms with van der Waals surface area (Å²) in [7, 11) is 0. The molecule has 0 spiro atoms. The lowest BCUT2D eigenvalue weighted by Crippen LogP contribution is -2.21. The van der Waals surface area contributed by atoms with E-state index in [0.29, 0.717) is 0 Å². The highest BCUT2D eigenvalue weighted by atomic mass is 79.9. The van der Waals surface area contributed by atoms with Crippen LogP contribution in [0, 0.1) is 0 Å². The Morgan fingerprint density at radius 1 is 0.900 bits per heavy atom. The summed E-state index contributed by atoms with van der Waals surface area (Å²) in [6.07, 6.45) is 14.1. The van der Waals surface area contributed by atoms with E-state index >= 15 is 0 Å². The highest BCUT2D eigenvalue weighted by Crippen LogP contribution is 2.16. The number of unbranched alkanes of at least 4 members (excludes halogenated alkanes) is 9. The molecule has 0 N–H and O–H groups in total. The molecule has 0 rings (SSSR count). The molecule has 120 valence electrons. The molecule has 0 heterocycles. The van der Waals surface area contributed by atoms with E-state index in [4.69, 9.17) is 4.74 Å². The Bertz CT molecular complexity index is 229. The van der Waals surface area contributed by atoms with E-state index in [1.165, 1.54) is 57.8 Å². The first kappa shape index (κ1) is 19.9. The van der Waals surface area contributed by atoms with Gasteiger partial charge in [-0.15, -0.1) is 0 Å². The van der Waals surface area contributed by atoms with Gasteiger partial charge in [0, 0.05) is 0 Å². The van der Waals surface area contributed by atoms with E-state index in [1.807, 2.05) is 13.8 Å². The zero-order chi connectivity index (χ0) is 15.2. The van der Waals surface area contributed by atoms with Gasteiger partial charge in [-0.3, -0.25) is 4.79 Å². The van der Waals surface area contributed by atoms with Gasteiger partial charge in [0.25, 0.3) is 0 Å². The van der Waals surface area contributed by atoms with Gasteiger partial charge in [-0.2, -0.15) is 0 Å². The van der Waals surface area contributed by atoms with Gasteiger partial charge >= 0.3 is 5.97 Å². The summed E-state index contributed by atoms with van der Waals surface area (Å²) in [5.41, 5.74) is 0. The first-order valence-corrected chi connectivity index (χ1v) is 9.34. The number of esters is 1. The van der Waals surface area contributed by atoms with Crippen LogP contribution in [0.5, 0.6) is 0 Å². The summed E-state index contributed by atoms with van der Waals surface area (Å²) < 4.78 is 5.17. The zero-order valence-electron chi connectivity index (χ0n) is 13.6. The summed E-state index contributed by atoms with van der Waals surface area (Å²) in [5.74, 6) is -0.115. The first-order chi connectivity index (χ1) is 9.57. The molecule has 0 saturated heterocycles. The number of halogens is 1. The number of rotatable bonds is 13. The molecule has 1 atom stereocenters. The lowest BCUT2D eigenvalue weighted by molar-refractivity contribution is -0.146. The molecule has 0 radical (unpaired) electrons. The van der Waals surface area contributed by atoms with Crippen LogP contribution in [0.1, 0.15) is 91.4 Å². The van der Waals surface area contributed by atoms with E-state index < -0.39 is 0 Å². The van der Waals surface area contributed by atoms with Gasteiger partial charge in [0.1, 0.15) is 4.83 Å². The predicted molar refractivity (Wildman–Crippen MR) is 90.4 cm³/mol. The molecule has 0 aromatic carbocycles. The maximum absolute atomic E-state index is 11.6. The third-order valence-electron chi connectivity index (χ3n) is 3.42. The lowest BCUT2D eigenvalue weighted by Gasteiger charge is -2.12. The maximum Gasteiger partial charge on any atom is 0.319 e. The largest absolute Gasteiger partial charge is 0.462 e. The molecule has 0 aromatic rings. The Kier molecular flexibility index (Phi) is 13.9. The van der Waals surface area contributed by atoms with Crippen LogP contribution >= 0.6 is 15.9 Å². The number of hydrogen-bond acceptors (Lipinski definition) is 2. The Hall–Kier alpha value is -0.0500. The SMILES string of the molecule is CCCCCCCCCCCCC(Br)C(=O)OC(C)C. The number of carbonyl (C=O) groups is 1. The van der Waals surface area contributed by atoms with Gasteiger partial charge in [-0.25, -0.2) is 0 Å². The van der Waals surface area contributed by atoms with E-state index in [0.717, 1.165) is 12.8 Å². The fourth-order valence-corrected chi connectivity index (χ4v) is 2.67. The second kappa shape index (κ2) is 13.9. The summed E-state index contributed by atoms with van der Waals surface area (Å²) in [5, 5.41) is 0. The first-order valence-electron chi connectivity index (χ1n) is 8.42. The van der Waals surface area contributed by atoms with Crippen molar-refractivity contribution in [1.82, 2.24) is 0 Å². The molecule has 2 nitrogen and oxygen atoms in total. The van der Waals surface area contributed by atoms with Crippen molar-refractivity contribution in [2.45, 2.75) is 102 Å². The monoisotopic (exact) mass is 348 g/mol. The Morgan fingerprint density at radius 2 is 1.35 bits per heavy atom. The molecule has 0 aliphatic rings. The van der Waals surface area contributed by atoms with Crippen LogP contribution in [0.3, 0.4) is 0 Å². The number of hydrogen-bond donors (Lipinski definition) is 0. The van der Waals surface area contributed by atoms with Crippen LogP contribution in [0.2, 0.25) is 0 Å². The van der Waals surface area contributed by atoms with Crippen LogP contribution in [0.15, 0.2) is 0 Å². The van der Waals surface area contributed by atoms with Crippen LogP contribution in [0.4, 0.5) is 0 Å². The second-order valence-electron chi connectivity index (χ2n) is 5.92. The van der Waals surface area contributed by atoms with Gasteiger partial charge < -0.3 is 4.74 Å². The zero-order valence-corrected chi connectivity index (χ0v) is 15.2. The van der Waals surface area contributed by atoms with Crippen molar-refractivity contribution < 1.29 is 9.53 Å². The molecule has 1 unspecified atom stereocenters. The Balaban J connectivity index is 3.29. The molecular weight excluding hydrogens is 316 g/mol. The highest BCUT2D eigenvalue weighted by Gasteiger charge is 2.16. The molecule has 0 aliphatic heterocycles. The molecule has 3 heteroatoms. The van der Waals surface area contributed by atoms with E-state index in [2.05, 4.69) is 22.9 Å². The second-order valence-corrected chi connectivity index (χ2v) is 7.03. The lowest BCUT2D eigenvalue weighted by atomic mass is 10.1. The topological polar surface area (TPSA) is 26.3 Å². The summed E-state index contributed by atoms with van der Waals surface area (Å²) in [6.45, 7) is 6.03. The van der Waals surface area contributed by atoms with Gasteiger partial charge in [0.05, 0.1) is 6.10 Å². The average molecular weight is 349 g/mol. The molecule has 0 bridgehead atoms. The van der Waals surface area contributed by atoms with Gasteiger partial charge in [0.15, 0.2) is 0 Å². The quantitative estimate of drug-likeness (QED) is 0.231. The van der Waals surface area contributed by atoms with Crippen molar-refractivity contribution in [1.29, 1.82) is 0 Å². The fraction of sp³-hybridized carbons (Fsp3) is 0.941. The van der Waals surface area contributed by atoms with E-state index in [9.17, 15) is 4.79 Å². The van der Waals surface area contributed by atoms with Gasteiger partial charge in [-0.05, 0) is 20.3 Å². The molecule has 0 aromatic heterocycles. The Morgan fingerprint density at radius 3 is 1.80 bits per heavy atom. The summed E-state index contributed by atoms with van der Waals surface area (Å²) in [6, 6.07) is 0. The molecule has 0 amide bonds. The number of ether oxygens (including phenoxy) is 1. The predicted octanol–water partition coefficient (Wildman–Crippen LogP) is 6.01. The van der Waals surface area contributed by atoms with Crippen LogP contribution in [-0.4, -0.2) is 16.9 Å². The van der Waals surface area contributed by atoms with Gasteiger partial charge in [-0.1, -0.05) is 87.1 Å². The number of alkyl halides is 1. The summed E-state index contributed by atoms with van der Waals surface area (Å²) in [4.78, 5) is 11.4. The van der Waals surface area contributed by atoms with Crippen molar-refractivity contribution in [2.75, 3.05) is 0 Å². The smallest absolute Gasteiger partial charge is 0.319 e. The van der Waals surface area contributed by atoms with Crippen LogP contribution in [-0.2, 0) is 9.53 Å². The highest BCUT2D eigenvalue weighted by molar-refractivity contribution is 9.10. The normalized spacial score (nSPS) is 12.7. The van der Waals surface area contributed by atoms with Gasteiger partial charge in [0.2, 0.25) is 0 Å². The van der Waals surface area contributed by atoms with Crippen LogP contribution in [0.25, 0.3) is 0 Å². The fourth-order valence-electron chi connectivity index (χ4n) is 2.23.